The van der Waals surface area contributed by atoms with Crippen molar-refractivity contribution in [2.75, 3.05) is 19.9 Å². The lowest BCUT2D eigenvalue weighted by molar-refractivity contribution is -0.148. The Morgan fingerprint density at radius 2 is 1.43 bits per heavy atom. The highest BCUT2D eigenvalue weighted by molar-refractivity contribution is 5.82. The summed E-state index contributed by atoms with van der Waals surface area (Å²) in [7, 11) is 0. The molecule has 0 unspecified atom stereocenters. The maximum absolute atomic E-state index is 12.2. The van der Waals surface area contributed by atoms with Crippen LogP contribution in [0, 0.1) is 0 Å². The smallest absolute Gasteiger partial charge is 0.407 e. The average Bonchev–Trinajstić information content (AvgIpc) is 3.24. The molecule has 3 aromatic carbocycles. The molecule has 4 rings (SSSR count). The number of alkyl carbamates (subject to hydrolysis) is 1. The summed E-state index contributed by atoms with van der Waals surface area (Å²) in [4.78, 5) is 36.2. The summed E-state index contributed by atoms with van der Waals surface area (Å²) in [5.74, 6) is -0.881. The molecule has 1 aliphatic carbocycles. The number of hydrogen-bond acceptors (Lipinski definition) is 6. The van der Waals surface area contributed by atoms with E-state index in [-0.39, 0.29) is 44.8 Å². The first-order valence-corrected chi connectivity index (χ1v) is 12.2. The minimum atomic E-state index is -0.674. The van der Waals surface area contributed by atoms with E-state index in [2.05, 4.69) is 22.8 Å². The molecule has 0 saturated heterocycles. The molecular weight excluding hydrogens is 472 g/mol. The summed E-state index contributed by atoms with van der Waals surface area (Å²) in [6, 6.07) is 25.5. The average molecular weight is 503 g/mol. The predicted octanol–water partition coefficient (Wildman–Crippen LogP) is 4.14. The highest BCUT2D eigenvalue weighted by Gasteiger charge is 2.29. The van der Waals surface area contributed by atoms with Gasteiger partial charge in [0, 0.05) is 5.92 Å². The summed E-state index contributed by atoms with van der Waals surface area (Å²) in [6.07, 6.45) is -1.06. The molecule has 1 aliphatic rings. The number of rotatable bonds is 11. The van der Waals surface area contributed by atoms with E-state index >= 15 is 0 Å². The number of carbonyl (C=O) groups is 3. The molecule has 1 atom stereocenters. The Hall–Kier alpha value is -4.17. The molecular formula is C29H30N2O6. The van der Waals surface area contributed by atoms with Crippen molar-refractivity contribution in [3.8, 4) is 11.1 Å². The van der Waals surface area contributed by atoms with Crippen LogP contribution in [0.25, 0.3) is 11.1 Å². The zero-order chi connectivity index (χ0) is 26.0. The van der Waals surface area contributed by atoms with E-state index in [1.807, 2.05) is 66.7 Å². The number of hydrogen-bond donors (Lipinski definition) is 2. The van der Waals surface area contributed by atoms with Crippen LogP contribution >= 0.6 is 0 Å². The Morgan fingerprint density at radius 1 is 0.811 bits per heavy atom. The fourth-order valence-electron chi connectivity index (χ4n) is 4.22. The minimum absolute atomic E-state index is 0.0544. The number of esters is 1. The molecule has 0 saturated carbocycles. The third-order valence-corrected chi connectivity index (χ3v) is 6.07. The Morgan fingerprint density at radius 3 is 2.11 bits per heavy atom. The Balaban J connectivity index is 1.11. The number of benzene rings is 3. The van der Waals surface area contributed by atoms with Crippen molar-refractivity contribution in [3.63, 3.8) is 0 Å². The maximum atomic E-state index is 12.2. The van der Waals surface area contributed by atoms with Crippen LogP contribution in [0.3, 0.4) is 0 Å². The zero-order valence-electron chi connectivity index (χ0n) is 20.6. The van der Waals surface area contributed by atoms with E-state index in [0.717, 1.165) is 27.8 Å². The third-order valence-electron chi connectivity index (χ3n) is 6.07. The van der Waals surface area contributed by atoms with Crippen molar-refractivity contribution in [2.45, 2.75) is 32.0 Å². The van der Waals surface area contributed by atoms with E-state index in [1.165, 1.54) is 0 Å². The summed E-state index contributed by atoms with van der Waals surface area (Å²) in [6.45, 7) is 1.73. The number of carbonyl (C=O) groups excluding carboxylic acids is 3. The monoisotopic (exact) mass is 502 g/mol. The van der Waals surface area contributed by atoms with Gasteiger partial charge >= 0.3 is 12.1 Å². The van der Waals surface area contributed by atoms with Gasteiger partial charge in [0.25, 0.3) is 0 Å². The largest absolute Gasteiger partial charge is 0.461 e. The quantitative estimate of drug-likeness (QED) is 0.302. The summed E-state index contributed by atoms with van der Waals surface area (Å²) in [5, 5.41) is 4.99. The second-order valence-electron chi connectivity index (χ2n) is 8.75. The zero-order valence-corrected chi connectivity index (χ0v) is 20.6. The van der Waals surface area contributed by atoms with Gasteiger partial charge in [0.1, 0.15) is 26.5 Å². The number of amides is 2. The lowest BCUT2D eigenvalue weighted by atomic mass is 9.98. The standard InChI is InChI=1S/C29H30N2O6/c1-20(15-28(33)35-17-21-9-3-2-4-10-21)37-19-31-27(32)16-30-29(34)36-18-26-24-13-7-5-11-22(24)23-12-6-8-14-25(23)26/h2-14,20,26H,15-19H2,1H3,(H,30,34)(H,31,32)/t20-/m1/s1. The lowest BCUT2D eigenvalue weighted by Gasteiger charge is -2.15. The fourth-order valence-corrected chi connectivity index (χ4v) is 4.22. The SMILES string of the molecule is C[C@H](CC(=O)OCc1ccccc1)OCNC(=O)CNC(=O)OCC1c2ccccc2-c2ccccc21. The van der Waals surface area contributed by atoms with Gasteiger partial charge in [-0.1, -0.05) is 78.9 Å². The molecule has 0 radical (unpaired) electrons. The Bertz CT molecular complexity index is 1180. The molecule has 0 fully saturated rings. The van der Waals surface area contributed by atoms with Crippen molar-refractivity contribution in [2.24, 2.45) is 0 Å². The lowest BCUT2D eigenvalue weighted by Crippen LogP contribution is -2.39. The van der Waals surface area contributed by atoms with E-state index in [1.54, 1.807) is 6.92 Å². The number of nitrogens with one attached hydrogen (secondary N) is 2. The van der Waals surface area contributed by atoms with Gasteiger partial charge in [0.05, 0.1) is 12.5 Å². The molecule has 37 heavy (non-hydrogen) atoms. The van der Waals surface area contributed by atoms with Crippen molar-refractivity contribution in [1.82, 2.24) is 10.6 Å². The van der Waals surface area contributed by atoms with Gasteiger partial charge in [-0.3, -0.25) is 9.59 Å². The van der Waals surface area contributed by atoms with E-state index < -0.39 is 18.1 Å². The molecule has 0 heterocycles. The summed E-state index contributed by atoms with van der Waals surface area (Å²) >= 11 is 0. The molecule has 3 aromatic rings. The van der Waals surface area contributed by atoms with E-state index in [4.69, 9.17) is 14.2 Å². The topological polar surface area (TPSA) is 103 Å². The molecule has 0 aliphatic heterocycles. The van der Waals surface area contributed by atoms with Gasteiger partial charge in [-0.25, -0.2) is 4.79 Å². The van der Waals surface area contributed by atoms with Crippen molar-refractivity contribution >= 4 is 18.0 Å². The van der Waals surface area contributed by atoms with Crippen LogP contribution in [0.2, 0.25) is 0 Å². The molecule has 0 bridgehead atoms. The van der Waals surface area contributed by atoms with Crippen molar-refractivity contribution < 1.29 is 28.6 Å². The van der Waals surface area contributed by atoms with Crippen LogP contribution in [-0.4, -0.2) is 44.0 Å². The van der Waals surface area contributed by atoms with Gasteiger partial charge in [0.15, 0.2) is 0 Å². The van der Waals surface area contributed by atoms with Crippen LogP contribution in [0.1, 0.15) is 36.0 Å². The molecule has 2 amide bonds. The number of fused-ring (bicyclic) bond motifs is 3. The van der Waals surface area contributed by atoms with Gasteiger partial charge in [-0.15, -0.1) is 0 Å². The Kier molecular flexibility index (Phi) is 8.89. The second kappa shape index (κ2) is 12.7. The van der Waals surface area contributed by atoms with Crippen LogP contribution < -0.4 is 10.6 Å². The first-order valence-electron chi connectivity index (χ1n) is 12.2. The molecule has 0 aromatic heterocycles. The minimum Gasteiger partial charge on any atom is -0.461 e. The van der Waals surface area contributed by atoms with Crippen LogP contribution in [0.4, 0.5) is 4.79 Å². The first-order chi connectivity index (χ1) is 18.0. The maximum Gasteiger partial charge on any atom is 0.407 e. The normalized spacial score (nSPS) is 12.7. The summed E-state index contributed by atoms with van der Waals surface area (Å²) < 4.78 is 16.1. The number of ether oxygens (including phenoxy) is 3. The van der Waals surface area contributed by atoms with Gasteiger partial charge in [0.2, 0.25) is 5.91 Å². The molecule has 8 nitrogen and oxygen atoms in total. The molecule has 0 spiro atoms. The van der Waals surface area contributed by atoms with Gasteiger partial charge < -0.3 is 24.8 Å². The Labute approximate surface area is 215 Å². The first kappa shape index (κ1) is 25.9. The van der Waals surface area contributed by atoms with Crippen LogP contribution in [-0.2, 0) is 30.4 Å². The fraction of sp³-hybridized carbons (Fsp3) is 0.276. The van der Waals surface area contributed by atoms with Gasteiger partial charge in [-0.2, -0.15) is 0 Å². The van der Waals surface area contributed by atoms with Crippen LogP contribution in [0.15, 0.2) is 78.9 Å². The van der Waals surface area contributed by atoms with E-state index in [9.17, 15) is 14.4 Å². The predicted molar refractivity (Wildman–Crippen MR) is 137 cm³/mol. The summed E-state index contributed by atoms with van der Waals surface area (Å²) in [5.41, 5.74) is 5.42. The third kappa shape index (κ3) is 7.17. The second-order valence-corrected chi connectivity index (χ2v) is 8.75. The van der Waals surface area contributed by atoms with Crippen LogP contribution in [0.5, 0.6) is 0 Å². The van der Waals surface area contributed by atoms with Gasteiger partial charge in [-0.05, 0) is 34.7 Å². The van der Waals surface area contributed by atoms with Crippen molar-refractivity contribution in [3.05, 3.63) is 95.6 Å². The van der Waals surface area contributed by atoms with E-state index in [0.29, 0.717) is 0 Å². The molecule has 2 N–H and O–H groups in total. The molecule has 192 valence electrons. The highest BCUT2D eigenvalue weighted by Crippen LogP contribution is 2.44. The molecule has 8 heteroatoms. The highest BCUT2D eigenvalue weighted by atomic mass is 16.5. The van der Waals surface area contributed by atoms with Crippen molar-refractivity contribution in [1.29, 1.82) is 0 Å².